The van der Waals surface area contributed by atoms with Gasteiger partial charge in [0.2, 0.25) is 88.6 Å². The largest absolute Gasteiger partial charge is 0.480 e. The number of aromatic nitrogens is 1. The first kappa shape index (κ1) is 91.4. The van der Waals surface area contributed by atoms with E-state index >= 15 is 0 Å². The van der Waals surface area contributed by atoms with E-state index in [4.69, 9.17) is 5.73 Å². The number of carbonyl (C=O) groups excluding carboxylic acids is 15. The van der Waals surface area contributed by atoms with Crippen molar-refractivity contribution in [1.29, 1.82) is 0 Å². The number of para-hydroxylation sites is 1. The molecule has 2 fully saturated rings. The highest BCUT2D eigenvalue weighted by Crippen LogP contribution is 2.23. The molecule has 37 nitrogen and oxygen atoms in total. The summed E-state index contributed by atoms with van der Waals surface area (Å²) in [5.74, 6) is -17.5. The minimum Gasteiger partial charge on any atom is -0.480 e. The molecule has 0 saturated carbocycles. The summed E-state index contributed by atoms with van der Waals surface area (Å²) in [5, 5.41) is 76.7. The number of unbranched alkanes of at least 4 members (excludes halogenated alkanes) is 1. The number of carboxylic acids is 1. The van der Waals surface area contributed by atoms with E-state index in [1.165, 1.54) is 4.90 Å². The predicted molar refractivity (Wildman–Crippen MR) is 412 cm³/mol. The number of aliphatic hydroxyl groups excluding tert-OH is 3. The third kappa shape index (κ3) is 28.6. The second-order valence-electron chi connectivity index (χ2n) is 29.1. The Balaban J connectivity index is 1.22. The maximum Gasteiger partial charge on any atom is 0.326 e. The normalized spacial score (nSPS) is 20.3. The molecule has 15 amide bonds. The van der Waals surface area contributed by atoms with Crippen LogP contribution in [0.2, 0.25) is 0 Å². The van der Waals surface area contributed by atoms with Gasteiger partial charge in [0.25, 0.3) is 0 Å². The molecule has 37 heteroatoms. The number of hydrogen-bond acceptors (Lipinski definition) is 20. The topological polar surface area (TPSA) is 568 Å². The highest BCUT2D eigenvalue weighted by Gasteiger charge is 2.42. The standard InChI is InChI=1S/C77H109N17O20/c1-7-44(6)65-75(111)89-55(34-61(98)80-36-62(99)84-52(31-45-19-10-8-11-20-45)66(102)81-38-64(101)85-57(39-95)71(107)86-50(25-16-17-27-78)76(112)94-28-18-26-60(94)74(110)93-65)70(106)92-58(40-96)72(108)87-53(32-46-21-12-9-13-22-46)67(103)82-37-63(100)83-51(29-42(2)3)68(104)91-59(41-97)73(109)88-54(69(105)90-56(77(113)114)30-43(4)5)33-47-35-79-49-24-15-14-23-48(47)49/h8-15,19-24,35,42-44,50-60,65,79,95-97H,7,16-18,25-34,36-41,78H2,1-6H3,(H,80,98)(H,81,102)(H,82,103)(H,83,100)(H,84,99)(H,85,101)(H,86,107)(H,87,108)(H,88,109)(H,89,111)(H,90,105)(H,91,104)(H,92,106)(H,93,110)(H,113,114)/t44-,50+,51-,52-,53-,54-,55-,56-,57-,58-,59-,60+,65-/m0/s1. The number of nitrogens with zero attached hydrogens (tertiary/aromatic N) is 1. The fourth-order valence-electron chi connectivity index (χ4n) is 12.9. The van der Waals surface area contributed by atoms with Crippen molar-refractivity contribution in [2.75, 3.05) is 52.5 Å². The molecule has 6 rings (SSSR count). The molecule has 114 heavy (non-hydrogen) atoms. The zero-order valence-corrected chi connectivity index (χ0v) is 64.8. The van der Waals surface area contributed by atoms with Crippen molar-refractivity contribution in [2.24, 2.45) is 23.5 Å². The number of fused-ring (bicyclic) bond motifs is 2. The molecule has 622 valence electrons. The van der Waals surface area contributed by atoms with Gasteiger partial charge in [-0.2, -0.15) is 0 Å². The molecule has 0 bridgehead atoms. The number of nitrogens with one attached hydrogen (secondary N) is 15. The Bertz CT molecular complexity index is 4000. The van der Waals surface area contributed by atoms with Crippen LogP contribution in [0.15, 0.2) is 91.1 Å². The molecule has 0 spiro atoms. The van der Waals surface area contributed by atoms with Gasteiger partial charge in [-0.1, -0.05) is 127 Å². The molecule has 2 saturated heterocycles. The number of nitrogens with two attached hydrogens (primary N) is 1. The fraction of sp³-hybridized carbons (Fsp3) is 0.532. The number of aliphatic carboxylic acids is 1. The number of carboxylic acid groups (broad SMARTS) is 1. The second-order valence-corrected chi connectivity index (χ2v) is 29.1. The van der Waals surface area contributed by atoms with Gasteiger partial charge in [-0.3, -0.25) is 71.9 Å². The average Bonchev–Trinajstić information content (AvgIpc) is 1.65. The maximum atomic E-state index is 14.8. The van der Waals surface area contributed by atoms with Crippen molar-refractivity contribution in [3.63, 3.8) is 0 Å². The van der Waals surface area contributed by atoms with Crippen LogP contribution in [0.3, 0.4) is 0 Å². The van der Waals surface area contributed by atoms with E-state index in [0.29, 0.717) is 40.4 Å². The molecule has 4 aromatic rings. The molecule has 13 atom stereocenters. The highest BCUT2D eigenvalue weighted by molar-refractivity contribution is 6.01. The molecule has 3 aromatic carbocycles. The molecule has 1 aromatic heterocycles. The van der Waals surface area contributed by atoms with E-state index in [-0.39, 0.29) is 82.7 Å². The van der Waals surface area contributed by atoms with Crippen LogP contribution in [0.1, 0.15) is 116 Å². The zero-order valence-electron chi connectivity index (χ0n) is 64.8. The summed E-state index contributed by atoms with van der Waals surface area (Å²) in [5.41, 5.74) is 8.04. The van der Waals surface area contributed by atoms with E-state index in [1.807, 2.05) is 0 Å². The molecular weight excluding hydrogens is 1480 g/mol. The van der Waals surface area contributed by atoms with Gasteiger partial charge >= 0.3 is 5.97 Å². The van der Waals surface area contributed by atoms with Gasteiger partial charge in [-0.15, -0.1) is 0 Å². The first-order valence-corrected chi connectivity index (χ1v) is 38.2. The number of benzene rings is 3. The monoisotopic (exact) mass is 1590 g/mol. The van der Waals surface area contributed by atoms with E-state index < -0.39 is 219 Å². The summed E-state index contributed by atoms with van der Waals surface area (Å²) in [6.07, 6.45) is 1.28. The Morgan fingerprint density at radius 3 is 1.73 bits per heavy atom. The van der Waals surface area contributed by atoms with Crippen LogP contribution >= 0.6 is 0 Å². The van der Waals surface area contributed by atoms with E-state index in [9.17, 15) is 97.1 Å². The third-order valence-corrected chi connectivity index (χ3v) is 19.2. The van der Waals surface area contributed by atoms with Gasteiger partial charge < -0.3 is 110 Å². The predicted octanol–water partition coefficient (Wildman–Crippen LogP) is -4.40. The summed E-state index contributed by atoms with van der Waals surface area (Å²) in [4.78, 5) is 228. The van der Waals surface area contributed by atoms with E-state index in [2.05, 4.69) is 79.4 Å². The Hall–Kier alpha value is -11.4. The second kappa shape index (κ2) is 45.9. The number of carbonyl (C=O) groups is 16. The lowest BCUT2D eigenvalue weighted by Crippen LogP contribution is -2.62. The lowest BCUT2D eigenvalue weighted by Gasteiger charge is -2.32. The number of H-pyrrole nitrogens is 1. The van der Waals surface area contributed by atoms with Crippen LogP contribution < -0.4 is 80.2 Å². The lowest BCUT2D eigenvalue weighted by molar-refractivity contribution is -0.143. The quantitative estimate of drug-likeness (QED) is 0.0196. The summed E-state index contributed by atoms with van der Waals surface area (Å²) in [7, 11) is 0. The SMILES string of the molecule is CC[C@H](C)[C@@H]1NC(=O)[C@H]2CCCN2C(=O)[C@@H](CCCCN)NC(=O)[C@H](CO)NC(=O)CNC(=O)[C@H](Cc2ccccc2)NC(=O)CNC(=O)C[C@@H](C(=O)N[C@@H](CO)C(=O)N[C@@H](Cc2ccccc2)C(=O)NCC(=O)N[C@@H](CC(C)C)C(=O)N[C@@H](CO)C(=O)N[C@@H](Cc2c[nH]c3ccccc23)C(=O)N[C@@H](CC(C)C)C(=O)O)NC1=O. The van der Waals surface area contributed by atoms with Gasteiger partial charge in [0, 0.05) is 42.9 Å². The van der Waals surface area contributed by atoms with Crippen LogP contribution in [0.5, 0.6) is 0 Å². The Labute approximate surface area is 659 Å². The number of hydrogen-bond donors (Lipinski definition) is 20. The number of amides is 15. The number of aromatic amines is 1. The van der Waals surface area contributed by atoms with Crippen LogP contribution in [0, 0.1) is 17.8 Å². The van der Waals surface area contributed by atoms with Crippen molar-refractivity contribution in [1.82, 2.24) is 84.3 Å². The third-order valence-electron chi connectivity index (χ3n) is 19.2. The molecule has 0 aliphatic carbocycles. The van der Waals surface area contributed by atoms with Crippen molar-refractivity contribution in [3.05, 3.63) is 108 Å². The minimum atomic E-state index is -2.01. The lowest BCUT2D eigenvalue weighted by atomic mass is 9.97. The molecule has 2 aliphatic rings. The van der Waals surface area contributed by atoms with Crippen LogP contribution in [-0.2, 0) is 96.0 Å². The fourth-order valence-corrected chi connectivity index (χ4v) is 12.9. The first-order valence-electron chi connectivity index (χ1n) is 38.2. The van der Waals surface area contributed by atoms with Gasteiger partial charge in [-0.25, -0.2) is 4.79 Å². The molecule has 21 N–H and O–H groups in total. The number of rotatable bonds is 34. The van der Waals surface area contributed by atoms with E-state index in [0.717, 1.165) is 0 Å². The summed E-state index contributed by atoms with van der Waals surface area (Å²) >= 11 is 0. The van der Waals surface area contributed by atoms with E-state index in [1.54, 1.807) is 133 Å². The van der Waals surface area contributed by atoms with Crippen molar-refractivity contribution < 1.29 is 97.1 Å². The number of aliphatic hydroxyl groups is 3. The van der Waals surface area contributed by atoms with Gasteiger partial charge in [0.15, 0.2) is 0 Å². The van der Waals surface area contributed by atoms with Gasteiger partial charge in [-0.05, 0) is 92.0 Å². The minimum absolute atomic E-state index is 0.00293. The van der Waals surface area contributed by atoms with Gasteiger partial charge in [0.05, 0.1) is 45.9 Å². The first-order chi connectivity index (χ1) is 54.4. The Kier molecular flexibility index (Phi) is 36.8. The molecular formula is C77H109N17O20. The molecule has 2 aliphatic heterocycles. The van der Waals surface area contributed by atoms with Crippen molar-refractivity contribution in [2.45, 2.75) is 191 Å². The highest BCUT2D eigenvalue weighted by atomic mass is 16.4. The van der Waals surface area contributed by atoms with Crippen molar-refractivity contribution >= 4 is 105 Å². The maximum absolute atomic E-state index is 14.8. The smallest absolute Gasteiger partial charge is 0.326 e. The van der Waals surface area contributed by atoms with Crippen molar-refractivity contribution in [3.8, 4) is 0 Å². The summed E-state index contributed by atoms with van der Waals surface area (Å²) in [6, 6.07) is 4.81. The van der Waals surface area contributed by atoms with Gasteiger partial charge in [0.1, 0.15) is 72.5 Å². The Morgan fingerprint density at radius 1 is 0.553 bits per heavy atom. The zero-order chi connectivity index (χ0) is 83.7. The summed E-state index contributed by atoms with van der Waals surface area (Å²) in [6.45, 7) is 4.79. The summed E-state index contributed by atoms with van der Waals surface area (Å²) < 4.78 is 0. The molecule has 3 heterocycles. The molecule has 0 radical (unpaired) electrons. The van der Waals surface area contributed by atoms with Crippen LogP contribution in [-0.4, -0.2) is 250 Å². The average molecular weight is 1590 g/mol. The van der Waals surface area contributed by atoms with Crippen LogP contribution in [0.25, 0.3) is 10.9 Å². The Morgan fingerprint density at radius 2 is 1.11 bits per heavy atom. The van der Waals surface area contributed by atoms with Crippen LogP contribution in [0.4, 0.5) is 0 Å². The molecule has 0 unspecified atom stereocenters.